The molecule has 9 heteroatoms. The lowest BCUT2D eigenvalue weighted by Gasteiger charge is -2.16. The molecule has 3 amide bonds. The molecule has 0 spiro atoms. The number of benzene rings is 2. The molecule has 0 radical (unpaired) electrons. The minimum atomic E-state index is -0.677. The summed E-state index contributed by atoms with van der Waals surface area (Å²) < 4.78 is 19.7. The van der Waals surface area contributed by atoms with E-state index in [1.807, 2.05) is 0 Å². The lowest BCUT2D eigenvalue weighted by molar-refractivity contribution is -0.125. The number of halogens is 3. The number of carbonyl (C=O) groups excluding carboxylic acids is 2. The first-order valence-corrected chi connectivity index (χ1v) is 8.31. The Hall–Kier alpha value is -2.51. The Kier molecular flexibility index (Phi) is 5.20. The second-order valence-corrected chi connectivity index (χ2v) is 6.53. The van der Waals surface area contributed by atoms with Crippen molar-refractivity contribution in [3.8, 4) is 11.5 Å². The molecule has 1 heterocycles. The minimum Gasteiger partial charge on any atom is -0.453 e. The molecule has 6 nitrogen and oxygen atoms in total. The third-order valence-electron chi connectivity index (χ3n) is 3.72. The van der Waals surface area contributed by atoms with Crippen LogP contribution in [0, 0.1) is 5.82 Å². The van der Waals surface area contributed by atoms with Gasteiger partial charge in [0.2, 0.25) is 5.91 Å². The maximum atomic E-state index is 14.3. The zero-order chi connectivity index (χ0) is 18.8. The number of ether oxygens (including phenoxy) is 1. The Morgan fingerprint density at radius 1 is 1.19 bits per heavy atom. The van der Waals surface area contributed by atoms with E-state index < -0.39 is 11.8 Å². The molecule has 0 saturated carbocycles. The second kappa shape index (κ2) is 7.39. The van der Waals surface area contributed by atoms with E-state index in [-0.39, 0.29) is 41.3 Å². The fourth-order valence-electron chi connectivity index (χ4n) is 2.35. The van der Waals surface area contributed by atoms with E-state index in [0.717, 1.165) is 6.07 Å². The number of carbonyl (C=O) groups is 2. The van der Waals surface area contributed by atoms with Crippen LogP contribution >= 0.6 is 23.2 Å². The van der Waals surface area contributed by atoms with Gasteiger partial charge in [0.05, 0.1) is 11.7 Å². The van der Waals surface area contributed by atoms with Crippen molar-refractivity contribution < 1.29 is 18.7 Å². The molecule has 0 bridgehead atoms. The smallest absolute Gasteiger partial charge is 0.323 e. The van der Waals surface area contributed by atoms with E-state index in [1.54, 1.807) is 13.1 Å². The second-order valence-electron chi connectivity index (χ2n) is 5.68. The van der Waals surface area contributed by atoms with Gasteiger partial charge in [-0.25, -0.2) is 9.18 Å². The molecule has 26 heavy (non-hydrogen) atoms. The molecule has 136 valence electrons. The van der Waals surface area contributed by atoms with Crippen molar-refractivity contribution in [2.24, 2.45) is 0 Å². The van der Waals surface area contributed by atoms with E-state index in [1.165, 1.54) is 34.1 Å². The first-order chi connectivity index (χ1) is 12.3. The number of anilines is 1. The summed E-state index contributed by atoms with van der Waals surface area (Å²) in [6.07, 6.45) is 0. The van der Waals surface area contributed by atoms with Crippen molar-refractivity contribution in [1.29, 1.82) is 0 Å². The average Bonchev–Trinajstić information content (AvgIpc) is 2.91. The molecule has 1 saturated heterocycles. The predicted octanol–water partition coefficient (Wildman–Crippen LogP) is 4.19. The number of nitrogens with zero attached hydrogens (tertiary/aromatic N) is 2. The quantitative estimate of drug-likeness (QED) is 0.844. The van der Waals surface area contributed by atoms with Gasteiger partial charge >= 0.3 is 6.03 Å². The fraction of sp³-hybridized carbons (Fsp3) is 0.176. The molecule has 0 atom stereocenters. The Morgan fingerprint density at radius 2 is 1.92 bits per heavy atom. The normalized spacial score (nSPS) is 13.9. The van der Waals surface area contributed by atoms with Crippen LogP contribution in [0.15, 0.2) is 36.4 Å². The number of rotatable bonds is 3. The molecule has 2 aromatic carbocycles. The zero-order valence-corrected chi connectivity index (χ0v) is 15.1. The number of urea groups is 1. The van der Waals surface area contributed by atoms with Crippen LogP contribution in [-0.4, -0.2) is 42.0 Å². The van der Waals surface area contributed by atoms with Gasteiger partial charge < -0.3 is 15.0 Å². The minimum absolute atomic E-state index is 0.0128. The number of hydrogen-bond acceptors (Lipinski definition) is 3. The number of nitrogens with one attached hydrogen (secondary N) is 1. The first kappa shape index (κ1) is 18.3. The highest BCUT2D eigenvalue weighted by Gasteiger charge is 2.28. The number of likely N-dealkylation sites (N-methyl/N-ethyl adjacent to an activating group) is 1. The van der Waals surface area contributed by atoms with Gasteiger partial charge in [-0.15, -0.1) is 0 Å². The SMILES string of the molecule is CN1CN(C(=O)Nc2ccc(Oc3ccc(Cl)cc3Cl)c(F)c2)CC1=O. The zero-order valence-electron chi connectivity index (χ0n) is 13.6. The largest absolute Gasteiger partial charge is 0.453 e. The summed E-state index contributed by atoms with van der Waals surface area (Å²) in [4.78, 5) is 26.3. The molecule has 0 aliphatic carbocycles. The van der Waals surface area contributed by atoms with E-state index in [2.05, 4.69) is 5.32 Å². The van der Waals surface area contributed by atoms with Crippen LogP contribution in [0.3, 0.4) is 0 Å². The van der Waals surface area contributed by atoms with Crippen molar-refractivity contribution in [1.82, 2.24) is 9.80 Å². The highest BCUT2D eigenvalue weighted by molar-refractivity contribution is 6.35. The van der Waals surface area contributed by atoms with E-state index in [9.17, 15) is 14.0 Å². The maximum Gasteiger partial charge on any atom is 0.323 e. The molecular formula is C17H14Cl2FN3O3. The van der Waals surface area contributed by atoms with Crippen LogP contribution in [0.4, 0.5) is 14.9 Å². The molecule has 3 rings (SSSR count). The van der Waals surface area contributed by atoms with Crippen molar-refractivity contribution in [3.05, 3.63) is 52.3 Å². The van der Waals surface area contributed by atoms with Crippen molar-refractivity contribution in [2.45, 2.75) is 0 Å². The molecule has 1 N–H and O–H groups in total. The molecule has 2 aromatic rings. The van der Waals surface area contributed by atoms with Crippen molar-refractivity contribution >= 4 is 40.8 Å². The van der Waals surface area contributed by atoms with Gasteiger partial charge in [0.1, 0.15) is 12.3 Å². The summed E-state index contributed by atoms with van der Waals surface area (Å²) in [6, 6.07) is 8.08. The summed E-state index contributed by atoms with van der Waals surface area (Å²) >= 11 is 11.8. The van der Waals surface area contributed by atoms with Crippen LogP contribution in [0.2, 0.25) is 10.0 Å². The highest BCUT2D eigenvalue weighted by atomic mass is 35.5. The van der Waals surface area contributed by atoms with Crippen LogP contribution < -0.4 is 10.1 Å². The topological polar surface area (TPSA) is 61.9 Å². The molecule has 1 aliphatic heterocycles. The van der Waals surface area contributed by atoms with Crippen LogP contribution in [0.5, 0.6) is 11.5 Å². The number of amides is 3. The number of hydrogen-bond donors (Lipinski definition) is 1. The predicted molar refractivity (Wildman–Crippen MR) is 96.3 cm³/mol. The summed E-state index contributed by atoms with van der Waals surface area (Å²) in [5.74, 6) is -0.632. The Balaban J connectivity index is 1.69. The lowest BCUT2D eigenvalue weighted by atomic mass is 10.3. The monoisotopic (exact) mass is 397 g/mol. The summed E-state index contributed by atoms with van der Waals surface area (Å²) in [5, 5.41) is 3.23. The molecule has 1 fully saturated rings. The highest BCUT2D eigenvalue weighted by Crippen LogP contribution is 2.33. The maximum absolute atomic E-state index is 14.3. The average molecular weight is 398 g/mol. The Morgan fingerprint density at radius 3 is 2.54 bits per heavy atom. The van der Waals surface area contributed by atoms with Gasteiger partial charge in [-0.1, -0.05) is 23.2 Å². The molecule has 1 aliphatic rings. The summed E-state index contributed by atoms with van der Waals surface area (Å²) in [5.41, 5.74) is 0.240. The third kappa shape index (κ3) is 4.00. The van der Waals surface area contributed by atoms with Gasteiger partial charge in [-0.05, 0) is 30.3 Å². The van der Waals surface area contributed by atoms with E-state index in [0.29, 0.717) is 5.02 Å². The van der Waals surface area contributed by atoms with Gasteiger partial charge in [0, 0.05) is 23.8 Å². The lowest BCUT2D eigenvalue weighted by Crippen LogP contribution is -2.34. The first-order valence-electron chi connectivity index (χ1n) is 7.56. The standard InChI is InChI=1S/C17H14Cl2FN3O3/c1-22-9-23(8-16(22)24)17(25)21-11-3-5-15(13(20)7-11)26-14-4-2-10(18)6-12(14)19/h2-7H,8-9H2,1H3,(H,21,25). The van der Waals surface area contributed by atoms with Crippen LogP contribution in [0.1, 0.15) is 0 Å². The molecule has 0 aromatic heterocycles. The van der Waals surface area contributed by atoms with Crippen molar-refractivity contribution in [3.63, 3.8) is 0 Å². The van der Waals surface area contributed by atoms with E-state index >= 15 is 0 Å². The summed E-state index contributed by atoms with van der Waals surface area (Å²) in [7, 11) is 1.60. The molecule has 0 unspecified atom stereocenters. The van der Waals surface area contributed by atoms with Crippen molar-refractivity contribution in [2.75, 3.05) is 25.6 Å². The van der Waals surface area contributed by atoms with Crippen LogP contribution in [-0.2, 0) is 4.79 Å². The van der Waals surface area contributed by atoms with Gasteiger partial charge in [0.25, 0.3) is 0 Å². The fourth-order valence-corrected chi connectivity index (χ4v) is 2.79. The van der Waals surface area contributed by atoms with Gasteiger partial charge in [-0.3, -0.25) is 9.69 Å². The van der Waals surface area contributed by atoms with E-state index in [4.69, 9.17) is 27.9 Å². The van der Waals surface area contributed by atoms with Crippen LogP contribution in [0.25, 0.3) is 0 Å². The van der Waals surface area contributed by atoms with Gasteiger partial charge in [0.15, 0.2) is 11.6 Å². The summed E-state index contributed by atoms with van der Waals surface area (Å²) in [6.45, 7) is 0.171. The third-order valence-corrected chi connectivity index (χ3v) is 4.25. The Bertz CT molecular complexity index is 878. The Labute approximate surface area is 159 Å². The molecular weight excluding hydrogens is 384 g/mol. The van der Waals surface area contributed by atoms with Gasteiger partial charge in [-0.2, -0.15) is 0 Å².